The highest BCUT2D eigenvalue weighted by Gasteiger charge is 2.08. The Hall–Kier alpha value is -4.70. The molecule has 4 aromatic rings. The lowest BCUT2D eigenvalue weighted by Crippen LogP contribution is -2.20. The molecule has 0 fully saturated rings. The van der Waals surface area contributed by atoms with Gasteiger partial charge in [-0.1, -0.05) is 30.3 Å². The first-order valence-electron chi connectivity index (χ1n) is 9.53. The van der Waals surface area contributed by atoms with E-state index in [4.69, 9.17) is 5.26 Å². The summed E-state index contributed by atoms with van der Waals surface area (Å²) in [5.41, 5.74) is 3.56. The van der Waals surface area contributed by atoms with Crippen molar-refractivity contribution >= 4 is 29.0 Å². The molecule has 0 saturated carbocycles. The number of benzene rings is 2. The monoisotopic (exact) mass is 406 g/mol. The molecule has 2 amide bonds. The minimum atomic E-state index is -0.478. The molecule has 2 heterocycles. The number of urea groups is 1. The number of carbonyl (C=O) groups excluding carboxylic acids is 1. The van der Waals surface area contributed by atoms with Crippen LogP contribution in [0.4, 0.5) is 27.8 Å². The SMILES string of the molecule is N#Cc1ccccc1NC(=O)Nc1cc(-c2ccnc(Nc3ccccc3)c2)ccn1. The van der Waals surface area contributed by atoms with Gasteiger partial charge in [-0.15, -0.1) is 0 Å². The number of aromatic nitrogens is 2. The molecule has 0 atom stereocenters. The van der Waals surface area contributed by atoms with E-state index in [2.05, 4.69) is 25.9 Å². The second-order valence-corrected chi connectivity index (χ2v) is 6.59. The van der Waals surface area contributed by atoms with E-state index in [1.165, 1.54) is 0 Å². The van der Waals surface area contributed by atoms with E-state index in [1.807, 2.05) is 54.6 Å². The first kappa shape index (κ1) is 19.6. The van der Waals surface area contributed by atoms with E-state index in [-0.39, 0.29) is 0 Å². The third-order valence-corrected chi connectivity index (χ3v) is 4.44. The highest BCUT2D eigenvalue weighted by Crippen LogP contribution is 2.24. The molecular formula is C24H18N6O. The maximum absolute atomic E-state index is 12.4. The zero-order chi connectivity index (χ0) is 21.5. The second-order valence-electron chi connectivity index (χ2n) is 6.59. The van der Waals surface area contributed by atoms with Crippen LogP contribution in [0.25, 0.3) is 11.1 Å². The van der Waals surface area contributed by atoms with Crippen molar-refractivity contribution in [1.29, 1.82) is 5.26 Å². The van der Waals surface area contributed by atoms with Gasteiger partial charge in [-0.3, -0.25) is 5.32 Å². The molecule has 0 aliphatic rings. The molecule has 0 saturated heterocycles. The Morgan fingerprint density at radius 1 is 0.774 bits per heavy atom. The molecule has 7 heteroatoms. The van der Waals surface area contributed by atoms with Gasteiger partial charge in [-0.05, 0) is 59.7 Å². The fourth-order valence-corrected chi connectivity index (χ4v) is 2.99. The van der Waals surface area contributed by atoms with Crippen molar-refractivity contribution < 1.29 is 4.79 Å². The van der Waals surface area contributed by atoms with Crippen molar-refractivity contribution in [2.45, 2.75) is 0 Å². The van der Waals surface area contributed by atoms with Gasteiger partial charge in [0.15, 0.2) is 0 Å². The van der Waals surface area contributed by atoms with E-state index in [0.717, 1.165) is 16.8 Å². The normalized spacial score (nSPS) is 10.0. The van der Waals surface area contributed by atoms with Gasteiger partial charge in [0.2, 0.25) is 0 Å². The Labute approximate surface area is 179 Å². The van der Waals surface area contributed by atoms with Crippen LogP contribution in [0, 0.1) is 11.3 Å². The lowest BCUT2D eigenvalue weighted by atomic mass is 10.1. The number of para-hydroxylation sites is 2. The molecule has 4 rings (SSSR count). The van der Waals surface area contributed by atoms with Crippen molar-refractivity contribution in [2.24, 2.45) is 0 Å². The Morgan fingerprint density at radius 3 is 2.16 bits per heavy atom. The number of anilines is 4. The van der Waals surface area contributed by atoms with Gasteiger partial charge < -0.3 is 10.6 Å². The van der Waals surface area contributed by atoms with Crippen molar-refractivity contribution in [2.75, 3.05) is 16.0 Å². The van der Waals surface area contributed by atoms with Crippen molar-refractivity contribution in [3.05, 3.63) is 96.8 Å². The summed E-state index contributed by atoms with van der Waals surface area (Å²) in [6.45, 7) is 0. The zero-order valence-electron chi connectivity index (χ0n) is 16.4. The molecule has 0 aliphatic carbocycles. The van der Waals surface area contributed by atoms with Crippen LogP contribution in [0.15, 0.2) is 91.3 Å². The number of hydrogen-bond acceptors (Lipinski definition) is 5. The summed E-state index contributed by atoms with van der Waals surface area (Å²) in [4.78, 5) is 20.9. The number of pyridine rings is 2. The molecule has 0 radical (unpaired) electrons. The minimum Gasteiger partial charge on any atom is -0.340 e. The molecule has 0 bridgehead atoms. The van der Waals surface area contributed by atoms with Crippen molar-refractivity contribution in [3.63, 3.8) is 0 Å². The van der Waals surface area contributed by atoms with Crippen LogP contribution in [0.3, 0.4) is 0 Å². The molecule has 0 aliphatic heterocycles. The summed E-state index contributed by atoms with van der Waals surface area (Å²) in [7, 11) is 0. The van der Waals surface area contributed by atoms with Crippen LogP contribution in [-0.4, -0.2) is 16.0 Å². The molecule has 2 aromatic carbocycles. The van der Waals surface area contributed by atoms with Gasteiger partial charge in [0, 0.05) is 18.1 Å². The number of nitriles is 1. The predicted octanol–water partition coefficient (Wildman–Crippen LogP) is 5.40. The molecular weight excluding hydrogens is 388 g/mol. The fourth-order valence-electron chi connectivity index (χ4n) is 2.99. The van der Waals surface area contributed by atoms with E-state index in [9.17, 15) is 4.79 Å². The predicted molar refractivity (Wildman–Crippen MR) is 121 cm³/mol. The van der Waals surface area contributed by atoms with E-state index in [1.54, 1.807) is 42.7 Å². The fraction of sp³-hybridized carbons (Fsp3) is 0. The Balaban J connectivity index is 1.49. The summed E-state index contributed by atoms with van der Waals surface area (Å²) < 4.78 is 0. The Kier molecular flexibility index (Phi) is 5.82. The highest BCUT2D eigenvalue weighted by atomic mass is 16.2. The number of carbonyl (C=O) groups is 1. The zero-order valence-corrected chi connectivity index (χ0v) is 16.4. The largest absolute Gasteiger partial charge is 0.340 e. The molecule has 7 nitrogen and oxygen atoms in total. The third kappa shape index (κ3) is 5.02. The summed E-state index contributed by atoms with van der Waals surface area (Å²) in [6, 6.07) is 25.6. The van der Waals surface area contributed by atoms with Crippen LogP contribution >= 0.6 is 0 Å². The summed E-state index contributed by atoms with van der Waals surface area (Å²) in [5, 5.41) is 17.8. The van der Waals surface area contributed by atoms with Gasteiger partial charge in [0.05, 0.1) is 11.3 Å². The molecule has 150 valence electrons. The van der Waals surface area contributed by atoms with Crippen LogP contribution in [0.5, 0.6) is 0 Å². The Morgan fingerprint density at radius 2 is 1.42 bits per heavy atom. The minimum absolute atomic E-state index is 0.384. The first-order valence-corrected chi connectivity index (χ1v) is 9.53. The third-order valence-electron chi connectivity index (χ3n) is 4.44. The number of nitrogens with zero attached hydrogens (tertiary/aromatic N) is 3. The maximum Gasteiger partial charge on any atom is 0.324 e. The number of amides is 2. The molecule has 2 aromatic heterocycles. The first-order chi connectivity index (χ1) is 15.2. The summed E-state index contributed by atoms with van der Waals surface area (Å²) in [6.07, 6.45) is 3.35. The smallest absolute Gasteiger partial charge is 0.324 e. The average Bonchev–Trinajstić information content (AvgIpc) is 2.80. The molecule has 0 spiro atoms. The van der Waals surface area contributed by atoms with Crippen LogP contribution in [0.2, 0.25) is 0 Å². The molecule has 3 N–H and O–H groups in total. The number of nitrogens with one attached hydrogen (secondary N) is 3. The van der Waals surface area contributed by atoms with Gasteiger partial charge in [0.25, 0.3) is 0 Å². The van der Waals surface area contributed by atoms with Crippen molar-refractivity contribution in [3.8, 4) is 17.2 Å². The topological polar surface area (TPSA) is 103 Å². The maximum atomic E-state index is 12.4. The van der Waals surface area contributed by atoms with Gasteiger partial charge in [0.1, 0.15) is 17.7 Å². The Bertz CT molecular complexity index is 1250. The van der Waals surface area contributed by atoms with Gasteiger partial charge in [-0.2, -0.15) is 5.26 Å². The number of rotatable bonds is 5. The highest BCUT2D eigenvalue weighted by molar-refractivity contribution is 6.00. The van der Waals surface area contributed by atoms with Crippen molar-refractivity contribution in [1.82, 2.24) is 9.97 Å². The standard InChI is InChI=1S/C24H18N6O/c25-16-19-6-4-5-9-21(19)29-24(31)30-23-15-18(11-13-27-23)17-10-12-26-22(14-17)28-20-7-2-1-3-8-20/h1-15H,(H,26,28)(H2,27,29,30,31). The summed E-state index contributed by atoms with van der Waals surface area (Å²) in [5.74, 6) is 1.10. The van der Waals surface area contributed by atoms with E-state index in [0.29, 0.717) is 22.9 Å². The van der Waals surface area contributed by atoms with Gasteiger partial charge in [-0.25, -0.2) is 14.8 Å². The van der Waals surface area contributed by atoms with E-state index >= 15 is 0 Å². The average molecular weight is 406 g/mol. The van der Waals surface area contributed by atoms with E-state index < -0.39 is 6.03 Å². The van der Waals surface area contributed by atoms with Crippen LogP contribution < -0.4 is 16.0 Å². The lowest BCUT2D eigenvalue weighted by Gasteiger charge is -2.10. The summed E-state index contributed by atoms with van der Waals surface area (Å²) >= 11 is 0. The quantitative estimate of drug-likeness (QED) is 0.412. The molecule has 0 unspecified atom stereocenters. The molecule has 31 heavy (non-hydrogen) atoms. The lowest BCUT2D eigenvalue weighted by molar-refractivity contribution is 0.262. The second kappa shape index (κ2) is 9.20. The van der Waals surface area contributed by atoms with Gasteiger partial charge >= 0.3 is 6.03 Å². The number of hydrogen-bond donors (Lipinski definition) is 3. The van der Waals surface area contributed by atoms with Crippen LogP contribution in [0.1, 0.15) is 5.56 Å². The van der Waals surface area contributed by atoms with Crippen LogP contribution in [-0.2, 0) is 0 Å².